The van der Waals surface area contributed by atoms with Crippen LogP contribution in [0.2, 0.25) is 0 Å². The normalized spacial score (nSPS) is 26.5. The highest BCUT2D eigenvalue weighted by molar-refractivity contribution is 5.98. The van der Waals surface area contributed by atoms with E-state index in [0.717, 1.165) is 0 Å². The van der Waals surface area contributed by atoms with E-state index in [1.807, 2.05) is 4.57 Å². The molecule has 3 heterocycles. The Kier molecular flexibility index (Phi) is 2.07. The third-order valence-corrected chi connectivity index (χ3v) is 3.13. The summed E-state index contributed by atoms with van der Waals surface area (Å²) in [5.74, 6) is -1.16. The Balaban J connectivity index is 1.87. The van der Waals surface area contributed by atoms with Crippen LogP contribution in [0.25, 0.3) is 0 Å². The van der Waals surface area contributed by atoms with Gasteiger partial charge in [0, 0.05) is 0 Å². The second-order valence-corrected chi connectivity index (χ2v) is 4.14. The highest BCUT2D eigenvalue weighted by Crippen LogP contribution is 2.31. The van der Waals surface area contributed by atoms with Crippen molar-refractivity contribution in [3.05, 3.63) is 12.0 Å². The van der Waals surface area contributed by atoms with Crippen molar-refractivity contribution in [2.24, 2.45) is 5.92 Å². The molecule has 17 heavy (non-hydrogen) atoms. The Hall–Kier alpha value is -2.05. The van der Waals surface area contributed by atoms with Gasteiger partial charge in [0.15, 0.2) is 0 Å². The van der Waals surface area contributed by atoms with Gasteiger partial charge in [-0.05, 0) is 6.42 Å². The molecular weight excluding hydrogens is 226 g/mol. The maximum Gasteiger partial charge on any atom is 0.316 e. The van der Waals surface area contributed by atoms with Crippen LogP contribution in [0.15, 0.2) is 6.20 Å². The number of fused-ring (bicyclic) bond motifs is 1. The molecule has 0 spiro atoms. The molecule has 0 aliphatic carbocycles. The third-order valence-electron chi connectivity index (χ3n) is 3.13. The van der Waals surface area contributed by atoms with Gasteiger partial charge in [0.05, 0.1) is 18.8 Å². The Labute approximate surface area is 96.4 Å². The zero-order valence-corrected chi connectivity index (χ0v) is 8.92. The summed E-state index contributed by atoms with van der Waals surface area (Å²) in [5.41, 5.74) is 0. The first kappa shape index (κ1) is 10.1. The molecule has 1 saturated heterocycles. The minimum absolute atomic E-state index is 0.241. The van der Waals surface area contributed by atoms with Crippen LogP contribution in [0.4, 0.5) is 0 Å². The number of nitrogens with zero attached hydrogens (tertiary/aromatic N) is 2. The summed E-state index contributed by atoms with van der Waals surface area (Å²) in [7, 11) is 0. The average Bonchev–Trinajstić information content (AvgIpc) is 2.89. The molecule has 0 saturated carbocycles. The van der Waals surface area contributed by atoms with E-state index in [1.165, 1.54) is 0 Å². The summed E-state index contributed by atoms with van der Waals surface area (Å²) in [6.07, 6.45) is 1.84. The summed E-state index contributed by atoms with van der Waals surface area (Å²) in [6.45, 7) is 1.28. The molecule has 90 valence electrons. The molecule has 2 unspecified atom stereocenters. The van der Waals surface area contributed by atoms with E-state index in [9.17, 15) is 9.59 Å². The quantitative estimate of drug-likeness (QED) is 0.679. The van der Waals surface area contributed by atoms with Crippen LogP contribution >= 0.6 is 0 Å². The number of hydrogen-bond donors (Lipinski definition) is 2. The van der Waals surface area contributed by atoms with Crippen LogP contribution in [0.1, 0.15) is 18.3 Å². The first-order valence-electron chi connectivity index (χ1n) is 5.38. The van der Waals surface area contributed by atoms with Gasteiger partial charge >= 0.3 is 5.97 Å². The smallest absolute Gasteiger partial charge is 0.316 e. The van der Waals surface area contributed by atoms with Crippen molar-refractivity contribution in [2.75, 3.05) is 6.61 Å². The first-order valence-corrected chi connectivity index (χ1v) is 5.38. The van der Waals surface area contributed by atoms with Crippen LogP contribution in [0, 0.1) is 5.92 Å². The number of amides is 1. The zero-order chi connectivity index (χ0) is 12.0. The van der Waals surface area contributed by atoms with Crippen molar-refractivity contribution in [1.29, 1.82) is 0 Å². The second kappa shape index (κ2) is 3.47. The largest absolute Gasteiger partial charge is 0.481 e. The second-order valence-electron chi connectivity index (χ2n) is 4.14. The fourth-order valence-electron chi connectivity index (χ4n) is 2.29. The SMILES string of the molecule is O=C(O)C1CC(c2ncc3n2CCO3)NC1=O. The summed E-state index contributed by atoms with van der Waals surface area (Å²) >= 11 is 0. The fourth-order valence-corrected chi connectivity index (χ4v) is 2.29. The molecule has 2 atom stereocenters. The molecule has 2 N–H and O–H groups in total. The number of aliphatic carboxylic acids is 1. The molecule has 7 nitrogen and oxygen atoms in total. The minimum Gasteiger partial charge on any atom is -0.481 e. The first-order chi connectivity index (χ1) is 8.16. The van der Waals surface area contributed by atoms with Crippen LogP contribution in [0.3, 0.4) is 0 Å². The predicted molar refractivity (Wildman–Crippen MR) is 54.3 cm³/mol. The van der Waals surface area contributed by atoms with E-state index in [1.54, 1.807) is 6.20 Å². The van der Waals surface area contributed by atoms with Crippen molar-refractivity contribution in [2.45, 2.75) is 19.0 Å². The molecule has 1 amide bonds. The van der Waals surface area contributed by atoms with E-state index in [4.69, 9.17) is 9.84 Å². The molecule has 2 aliphatic rings. The van der Waals surface area contributed by atoms with Gasteiger partial charge in [0.1, 0.15) is 18.3 Å². The van der Waals surface area contributed by atoms with Gasteiger partial charge in [0.2, 0.25) is 11.8 Å². The van der Waals surface area contributed by atoms with E-state index in [2.05, 4.69) is 10.3 Å². The topological polar surface area (TPSA) is 93.4 Å². The van der Waals surface area contributed by atoms with E-state index >= 15 is 0 Å². The lowest BCUT2D eigenvalue weighted by molar-refractivity contribution is -0.145. The highest BCUT2D eigenvalue weighted by Gasteiger charge is 2.40. The third kappa shape index (κ3) is 1.46. The molecular formula is C10H11N3O4. The molecule has 0 radical (unpaired) electrons. The molecule has 1 fully saturated rings. The lowest BCUT2D eigenvalue weighted by Gasteiger charge is -2.09. The number of aromatic nitrogens is 2. The average molecular weight is 237 g/mol. The molecule has 1 aromatic rings. The maximum absolute atomic E-state index is 11.5. The van der Waals surface area contributed by atoms with Crippen LogP contribution in [-0.2, 0) is 16.1 Å². The lowest BCUT2D eigenvalue weighted by Crippen LogP contribution is -2.26. The number of rotatable bonds is 2. The number of carboxylic acid groups (broad SMARTS) is 1. The van der Waals surface area contributed by atoms with Gasteiger partial charge < -0.3 is 15.2 Å². The van der Waals surface area contributed by atoms with Crippen molar-refractivity contribution in [3.63, 3.8) is 0 Å². The van der Waals surface area contributed by atoms with Gasteiger partial charge in [-0.25, -0.2) is 4.98 Å². The molecule has 3 rings (SSSR count). The number of ether oxygens (including phenoxy) is 1. The molecule has 1 aromatic heterocycles. The van der Waals surface area contributed by atoms with E-state index in [0.29, 0.717) is 24.9 Å². The van der Waals surface area contributed by atoms with E-state index in [-0.39, 0.29) is 12.5 Å². The van der Waals surface area contributed by atoms with Gasteiger partial charge in [-0.3, -0.25) is 14.2 Å². The summed E-state index contributed by atoms with van der Waals surface area (Å²) in [4.78, 5) is 26.5. The van der Waals surface area contributed by atoms with Crippen molar-refractivity contribution in [1.82, 2.24) is 14.9 Å². The number of hydrogen-bond acceptors (Lipinski definition) is 4. The lowest BCUT2D eigenvalue weighted by atomic mass is 10.1. The van der Waals surface area contributed by atoms with Gasteiger partial charge in [-0.15, -0.1) is 0 Å². The van der Waals surface area contributed by atoms with Crippen LogP contribution < -0.4 is 10.1 Å². The summed E-state index contributed by atoms with van der Waals surface area (Å²) < 4.78 is 7.18. The van der Waals surface area contributed by atoms with Crippen LogP contribution in [0.5, 0.6) is 5.88 Å². The minimum atomic E-state index is -1.09. The molecule has 0 aromatic carbocycles. The number of carbonyl (C=O) groups excluding carboxylic acids is 1. The monoisotopic (exact) mass is 237 g/mol. The predicted octanol–water partition coefficient (Wildman–Crippen LogP) is -0.463. The van der Waals surface area contributed by atoms with Gasteiger partial charge in [-0.2, -0.15) is 0 Å². The Bertz CT molecular complexity index is 496. The number of imidazole rings is 1. The van der Waals surface area contributed by atoms with Crippen molar-refractivity contribution >= 4 is 11.9 Å². The zero-order valence-electron chi connectivity index (χ0n) is 8.92. The van der Waals surface area contributed by atoms with Crippen molar-refractivity contribution in [3.8, 4) is 5.88 Å². The van der Waals surface area contributed by atoms with Gasteiger partial charge in [0.25, 0.3) is 0 Å². The Morgan fingerprint density at radius 1 is 1.65 bits per heavy atom. The van der Waals surface area contributed by atoms with Crippen LogP contribution in [-0.4, -0.2) is 33.1 Å². The summed E-state index contributed by atoms with van der Waals surface area (Å²) in [6, 6.07) is -0.334. The highest BCUT2D eigenvalue weighted by atomic mass is 16.5. The van der Waals surface area contributed by atoms with Crippen molar-refractivity contribution < 1.29 is 19.4 Å². The molecule has 0 bridgehead atoms. The number of carboxylic acids is 1. The Morgan fingerprint density at radius 2 is 2.47 bits per heavy atom. The van der Waals surface area contributed by atoms with Gasteiger partial charge in [-0.1, -0.05) is 0 Å². The number of nitrogens with one attached hydrogen (secondary N) is 1. The van der Waals surface area contributed by atoms with E-state index < -0.39 is 17.8 Å². The Morgan fingerprint density at radius 3 is 3.18 bits per heavy atom. The number of carbonyl (C=O) groups is 2. The fraction of sp³-hybridized carbons (Fsp3) is 0.500. The standard InChI is InChI=1S/C10H11N3O4/c14-9-5(10(15)16)3-6(12-9)8-11-4-7-13(8)1-2-17-7/h4-6H,1-3H2,(H,12,14)(H,15,16). The maximum atomic E-state index is 11.5. The molecule has 2 aliphatic heterocycles. The molecule has 7 heteroatoms. The summed E-state index contributed by atoms with van der Waals surface area (Å²) in [5, 5.41) is 11.5.